The molecule has 2 aromatic rings. The number of benzene rings is 2. The maximum Gasteiger partial charge on any atom is 0.240 e. The largest absolute Gasteiger partial charge is 0.497 e. The van der Waals surface area contributed by atoms with Crippen LogP contribution in [0.2, 0.25) is 0 Å². The van der Waals surface area contributed by atoms with Gasteiger partial charge in [-0.05, 0) is 48.4 Å². The van der Waals surface area contributed by atoms with Crippen molar-refractivity contribution in [3.05, 3.63) is 54.1 Å². The SMILES string of the molecule is CCCc1ccc(S(=O)(=O)NCCN2CCN(c3ccc(OC)cc3)CC2)cc1. The third kappa shape index (κ3) is 5.95. The predicted octanol–water partition coefficient (Wildman–Crippen LogP) is 2.75. The van der Waals surface area contributed by atoms with Gasteiger partial charge < -0.3 is 9.64 Å². The van der Waals surface area contributed by atoms with Gasteiger partial charge in [0, 0.05) is 45.0 Å². The van der Waals surface area contributed by atoms with Crippen molar-refractivity contribution in [3.8, 4) is 5.75 Å². The zero-order chi connectivity index (χ0) is 20.7. The highest BCUT2D eigenvalue weighted by atomic mass is 32.2. The van der Waals surface area contributed by atoms with Crippen LogP contribution in [0.25, 0.3) is 0 Å². The molecule has 7 heteroatoms. The summed E-state index contributed by atoms with van der Waals surface area (Å²) >= 11 is 0. The van der Waals surface area contributed by atoms with Gasteiger partial charge in [0.2, 0.25) is 10.0 Å². The summed E-state index contributed by atoms with van der Waals surface area (Å²) in [6.45, 7) is 6.93. The van der Waals surface area contributed by atoms with E-state index in [1.807, 2.05) is 24.3 Å². The molecule has 29 heavy (non-hydrogen) atoms. The summed E-state index contributed by atoms with van der Waals surface area (Å²) in [5, 5.41) is 0. The molecule has 0 aromatic heterocycles. The number of piperazine rings is 1. The lowest BCUT2D eigenvalue weighted by Gasteiger charge is -2.36. The molecule has 0 spiro atoms. The van der Waals surface area contributed by atoms with Crippen LogP contribution in [-0.4, -0.2) is 59.7 Å². The molecule has 158 valence electrons. The van der Waals surface area contributed by atoms with Gasteiger partial charge in [-0.25, -0.2) is 13.1 Å². The maximum absolute atomic E-state index is 12.5. The highest BCUT2D eigenvalue weighted by molar-refractivity contribution is 7.89. The van der Waals surface area contributed by atoms with Crippen molar-refractivity contribution in [3.63, 3.8) is 0 Å². The number of methoxy groups -OCH3 is 1. The smallest absolute Gasteiger partial charge is 0.240 e. The van der Waals surface area contributed by atoms with Crippen LogP contribution in [0.5, 0.6) is 5.75 Å². The minimum absolute atomic E-state index is 0.335. The number of aryl methyl sites for hydroxylation is 1. The molecule has 1 N–H and O–H groups in total. The molecule has 1 aliphatic rings. The molecule has 0 amide bonds. The van der Waals surface area contributed by atoms with Gasteiger partial charge >= 0.3 is 0 Å². The van der Waals surface area contributed by atoms with E-state index in [9.17, 15) is 8.42 Å². The normalized spacial score (nSPS) is 15.4. The summed E-state index contributed by atoms with van der Waals surface area (Å²) in [7, 11) is -1.78. The number of ether oxygens (including phenoxy) is 1. The minimum Gasteiger partial charge on any atom is -0.497 e. The highest BCUT2D eigenvalue weighted by Crippen LogP contribution is 2.20. The summed E-state index contributed by atoms with van der Waals surface area (Å²) < 4.78 is 32.9. The molecule has 1 fully saturated rings. The number of nitrogens with one attached hydrogen (secondary N) is 1. The summed E-state index contributed by atoms with van der Waals surface area (Å²) in [5.41, 5.74) is 2.36. The van der Waals surface area contributed by atoms with Crippen LogP contribution in [0.4, 0.5) is 5.69 Å². The Hall–Kier alpha value is -2.09. The van der Waals surface area contributed by atoms with Gasteiger partial charge in [-0.2, -0.15) is 0 Å². The minimum atomic E-state index is -3.45. The lowest BCUT2D eigenvalue weighted by molar-refractivity contribution is 0.262. The van der Waals surface area contributed by atoms with Crippen molar-refractivity contribution < 1.29 is 13.2 Å². The van der Waals surface area contributed by atoms with Crippen LogP contribution in [0.3, 0.4) is 0 Å². The molecule has 0 bridgehead atoms. The maximum atomic E-state index is 12.5. The van der Waals surface area contributed by atoms with Crippen LogP contribution in [0, 0.1) is 0 Å². The Balaban J connectivity index is 1.43. The molecule has 6 nitrogen and oxygen atoms in total. The third-order valence-corrected chi connectivity index (χ3v) is 6.78. The summed E-state index contributed by atoms with van der Waals surface area (Å²) in [6.07, 6.45) is 2.02. The zero-order valence-electron chi connectivity index (χ0n) is 17.3. The van der Waals surface area contributed by atoms with Crippen molar-refractivity contribution in [2.24, 2.45) is 0 Å². The van der Waals surface area contributed by atoms with Crippen LogP contribution in [0.1, 0.15) is 18.9 Å². The fourth-order valence-electron chi connectivity index (χ4n) is 3.57. The van der Waals surface area contributed by atoms with E-state index in [2.05, 4.69) is 33.6 Å². The van der Waals surface area contributed by atoms with E-state index in [0.717, 1.165) is 44.8 Å². The lowest BCUT2D eigenvalue weighted by atomic mass is 10.1. The molecule has 0 saturated carbocycles. The van der Waals surface area contributed by atoms with E-state index in [1.165, 1.54) is 11.3 Å². The van der Waals surface area contributed by atoms with Crippen LogP contribution >= 0.6 is 0 Å². The monoisotopic (exact) mass is 417 g/mol. The Morgan fingerprint density at radius 2 is 1.62 bits per heavy atom. The molecule has 0 aliphatic carbocycles. The number of hydrogen-bond acceptors (Lipinski definition) is 5. The van der Waals surface area contributed by atoms with E-state index in [4.69, 9.17) is 4.74 Å². The quantitative estimate of drug-likeness (QED) is 0.680. The summed E-state index contributed by atoms with van der Waals surface area (Å²) in [6, 6.07) is 15.3. The Kier molecular flexibility index (Phi) is 7.52. The van der Waals surface area contributed by atoms with Crippen molar-refractivity contribution in [1.82, 2.24) is 9.62 Å². The Morgan fingerprint density at radius 1 is 0.966 bits per heavy atom. The van der Waals surface area contributed by atoms with Gasteiger partial charge in [-0.3, -0.25) is 4.90 Å². The molecule has 1 saturated heterocycles. The summed E-state index contributed by atoms with van der Waals surface area (Å²) in [5.74, 6) is 0.861. The molecular weight excluding hydrogens is 386 g/mol. The molecule has 2 aromatic carbocycles. The Labute approximate surface area is 174 Å². The second kappa shape index (κ2) is 10.1. The lowest BCUT2D eigenvalue weighted by Crippen LogP contribution is -2.48. The number of rotatable bonds is 9. The van der Waals surface area contributed by atoms with Crippen molar-refractivity contribution >= 4 is 15.7 Å². The zero-order valence-corrected chi connectivity index (χ0v) is 18.1. The third-order valence-electron chi connectivity index (χ3n) is 5.30. The van der Waals surface area contributed by atoms with E-state index in [-0.39, 0.29) is 0 Å². The second-order valence-electron chi connectivity index (χ2n) is 7.32. The van der Waals surface area contributed by atoms with Crippen LogP contribution < -0.4 is 14.4 Å². The molecule has 0 radical (unpaired) electrons. The van der Waals surface area contributed by atoms with Crippen molar-refractivity contribution in [2.75, 3.05) is 51.3 Å². The molecule has 0 unspecified atom stereocenters. The molecule has 0 atom stereocenters. The van der Waals surface area contributed by atoms with Gasteiger partial charge in [-0.1, -0.05) is 25.5 Å². The number of hydrogen-bond donors (Lipinski definition) is 1. The van der Waals surface area contributed by atoms with Gasteiger partial charge in [0.15, 0.2) is 0 Å². The second-order valence-corrected chi connectivity index (χ2v) is 9.09. The predicted molar refractivity (Wildman–Crippen MR) is 117 cm³/mol. The molecule has 1 aliphatic heterocycles. The Bertz CT molecular complexity index is 859. The molecular formula is C22H31N3O3S. The molecule has 1 heterocycles. The van der Waals surface area contributed by atoms with E-state index < -0.39 is 10.0 Å². The fourth-order valence-corrected chi connectivity index (χ4v) is 4.59. The average molecular weight is 418 g/mol. The fraction of sp³-hybridized carbons (Fsp3) is 0.455. The van der Waals surface area contributed by atoms with E-state index in [0.29, 0.717) is 18.0 Å². The van der Waals surface area contributed by atoms with Gasteiger partial charge in [-0.15, -0.1) is 0 Å². The van der Waals surface area contributed by atoms with Crippen LogP contribution in [0.15, 0.2) is 53.4 Å². The van der Waals surface area contributed by atoms with Crippen molar-refractivity contribution in [1.29, 1.82) is 0 Å². The number of sulfonamides is 1. The standard InChI is InChI=1S/C22H31N3O3S/c1-3-4-19-5-11-22(12-6-19)29(26,27)23-13-14-24-15-17-25(18-16-24)20-7-9-21(28-2)10-8-20/h5-12,23H,3-4,13-18H2,1-2H3. The molecule has 3 rings (SSSR count). The topological polar surface area (TPSA) is 61.9 Å². The first-order valence-corrected chi connectivity index (χ1v) is 11.7. The Morgan fingerprint density at radius 3 is 2.21 bits per heavy atom. The first-order valence-electron chi connectivity index (χ1n) is 10.2. The van der Waals surface area contributed by atoms with E-state index >= 15 is 0 Å². The highest BCUT2D eigenvalue weighted by Gasteiger charge is 2.18. The average Bonchev–Trinajstić information content (AvgIpc) is 2.75. The van der Waals surface area contributed by atoms with Crippen LogP contribution in [-0.2, 0) is 16.4 Å². The number of anilines is 1. The first-order chi connectivity index (χ1) is 14.0. The van der Waals surface area contributed by atoms with Gasteiger partial charge in [0.1, 0.15) is 5.75 Å². The van der Waals surface area contributed by atoms with E-state index in [1.54, 1.807) is 19.2 Å². The first kappa shape index (κ1) is 21.6. The van der Waals surface area contributed by atoms with Gasteiger partial charge in [0.25, 0.3) is 0 Å². The van der Waals surface area contributed by atoms with Crippen molar-refractivity contribution in [2.45, 2.75) is 24.7 Å². The summed E-state index contributed by atoms with van der Waals surface area (Å²) in [4.78, 5) is 4.98. The van der Waals surface area contributed by atoms with Gasteiger partial charge in [0.05, 0.1) is 12.0 Å². The number of nitrogens with zero attached hydrogens (tertiary/aromatic N) is 2.